The molecule has 0 N–H and O–H groups in total. The highest BCUT2D eigenvalue weighted by molar-refractivity contribution is 7.17. The van der Waals surface area contributed by atoms with Crippen molar-refractivity contribution in [3.8, 4) is 10.6 Å². The van der Waals surface area contributed by atoms with Crippen molar-refractivity contribution in [3.63, 3.8) is 0 Å². The Labute approximate surface area is 155 Å². The van der Waals surface area contributed by atoms with Gasteiger partial charge in [0.25, 0.3) is 5.91 Å². The van der Waals surface area contributed by atoms with Crippen molar-refractivity contribution < 1.29 is 4.79 Å². The maximum absolute atomic E-state index is 13.2. The average Bonchev–Trinajstić information content (AvgIpc) is 3.14. The van der Waals surface area contributed by atoms with E-state index in [0.29, 0.717) is 9.90 Å². The lowest BCUT2D eigenvalue weighted by molar-refractivity contribution is 0.0984. The summed E-state index contributed by atoms with van der Waals surface area (Å²) in [5, 5.41) is 1.54. The van der Waals surface area contributed by atoms with Gasteiger partial charge in [-0.3, -0.25) is 4.79 Å². The first kappa shape index (κ1) is 16.3. The van der Waals surface area contributed by atoms with Crippen LogP contribution in [0.25, 0.3) is 10.6 Å². The molecule has 0 bridgehead atoms. The van der Waals surface area contributed by atoms with Crippen LogP contribution in [0.1, 0.15) is 27.9 Å². The lowest BCUT2D eigenvalue weighted by Gasteiger charge is -2.22. The van der Waals surface area contributed by atoms with Crippen molar-refractivity contribution in [1.82, 2.24) is 4.98 Å². The monoisotopic (exact) mass is 368 g/mol. The molecule has 126 valence electrons. The Hall–Kier alpha value is -2.17. The summed E-state index contributed by atoms with van der Waals surface area (Å²) in [6.07, 6.45) is 0.893. The highest BCUT2D eigenvalue weighted by atomic mass is 35.5. The minimum atomic E-state index is 0.0349. The van der Waals surface area contributed by atoms with Crippen molar-refractivity contribution in [1.29, 1.82) is 0 Å². The van der Waals surface area contributed by atoms with Crippen molar-refractivity contribution in [2.75, 3.05) is 4.90 Å². The highest BCUT2D eigenvalue weighted by Crippen LogP contribution is 2.36. The number of aromatic nitrogens is 1. The number of thiazole rings is 1. The SMILES string of the molecule is Cc1nc(-c2ccc(Cl)cc2)sc1C(=O)N1c2ccccc2CC1C. The van der Waals surface area contributed by atoms with Gasteiger partial charge in [-0.15, -0.1) is 11.3 Å². The second-order valence-electron chi connectivity index (χ2n) is 6.30. The predicted molar refractivity (Wildman–Crippen MR) is 104 cm³/mol. The molecule has 1 aromatic heterocycles. The first-order valence-electron chi connectivity index (χ1n) is 8.19. The maximum Gasteiger partial charge on any atom is 0.270 e. The zero-order valence-corrected chi connectivity index (χ0v) is 15.6. The Kier molecular flexibility index (Phi) is 4.10. The van der Waals surface area contributed by atoms with Gasteiger partial charge in [-0.25, -0.2) is 4.98 Å². The quantitative estimate of drug-likeness (QED) is 0.609. The molecule has 25 heavy (non-hydrogen) atoms. The third-order valence-corrected chi connectivity index (χ3v) is 5.95. The molecule has 0 saturated heterocycles. The van der Waals surface area contributed by atoms with Gasteiger partial charge in [0.1, 0.15) is 9.88 Å². The number of halogens is 1. The molecular formula is C20H17ClN2OS. The van der Waals surface area contributed by atoms with Crippen LogP contribution in [0.5, 0.6) is 0 Å². The number of hydrogen-bond donors (Lipinski definition) is 0. The minimum Gasteiger partial charge on any atom is -0.304 e. The van der Waals surface area contributed by atoms with Gasteiger partial charge in [-0.1, -0.05) is 41.9 Å². The van der Waals surface area contributed by atoms with E-state index in [9.17, 15) is 4.79 Å². The summed E-state index contributed by atoms with van der Waals surface area (Å²) in [5.74, 6) is 0.0349. The molecule has 0 aliphatic carbocycles. The molecule has 0 radical (unpaired) electrons. The lowest BCUT2D eigenvalue weighted by atomic mass is 10.1. The van der Waals surface area contributed by atoms with Crippen LogP contribution in [-0.4, -0.2) is 16.9 Å². The second kappa shape index (κ2) is 6.28. The van der Waals surface area contributed by atoms with Crippen LogP contribution in [0.2, 0.25) is 5.02 Å². The first-order chi connectivity index (χ1) is 12.0. The molecule has 1 aliphatic rings. The van der Waals surface area contributed by atoms with E-state index in [1.807, 2.05) is 54.3 Å². The van der Waals surface area contributed by atoms with Gasteiger partial charge in [-0.05, 0) is 44.0 Å². The molecule has 3 aromatic rings. The summed E-state index contributed by atoms with van der Waals surface area (Å²) < 4.78 is 0. The summed E-state index contributed by atoms with van der Waals surface area (Å²) >= 11 is 7.40. The van der Waals surface area contributed by atoms with Crippen LogP contribution < -0.4 is 4.90 Å². The van der Waals surface area contributed by atoms with E-state index in [-0.39, 0.29) is 11.9 Å². The van der Waals surface area contributed by atoms with E-state index >= 15 is 0 Å². The fourth-order valence-electron chi connectivity index (χ4n) is 3.30. The fourth-order valence-corrected chi connectivity index (χ4v) is 4.43. The number of aryl methyl sites for hydroxylation is 1. The zero-order valence-electron chi connectivity index (χ0n) is 14.0. The van der Waals surface area contributed by atoms with Crippen LogP contribution in [0.4, 0.5) is 5.69 Å². The number of benzene rings is 2. The number of anilines is 1. The van der Waals surface area contributed by atoms with E-state index < -0.39 is 0 Å². The molecule has 2 aromatic carbocycles. The Bertz CT molecular complexity index is 949. The molecule has 1 unspecified atom stereocenters. The zero-order chi connectivity index (χ0) is 17.6. The molecule has 0 fully saturated rings. The number of fused-ring (bicyclic) bond motifs is 1. The van der Waals surface area contributed by atoms with Gasteiger partial charge >= 0.3 is 0 Å². The van der Waals surface area contributed by atoms with E-state index in [4.69, 9.17) is 11.6 Å². The number of rotatable bonds is 2. The molecule has 3 nitrogen and oxygen atoms in total. The van der Waals surface area contributed by atoms with Gasteiger partial charge in [-0.2, -0.15) is 0 Å². The molecule has 2 heterocycles. The van der Waals surface area contributed by atoms with Gasteiger partial charge in [0.15, 0.2) is 0 Å². The molecule has 1 atom stereocenters. The Morgan fingerprint density at radius 3 is 2.68 bits per heavy atom. The molecule has 5 heteroatoms. The Morgan fingerprint density at radius 1 is 1.20 bits per heavy atom. The van der Waals surface area contributed by atoms with E-state index in [2.05, 4.69) is 18.0 Å². The molecular weight excluding hydrogens is 352 g/mol. The number of para-hydroxylation sites is 1. The van der Waals surface area contributed by atoms with E-state index in [0.717, 1.165) is 28.4 Å². The topological polar surface area (TPSA) is 33.2 Å². The first-order valence-corrected chi connectivity index (χ1v) is 9.39. The van der Waals surface area contributed by atoms with Crippen LogP contribution >= 0.6 is 22.9 Å². The molecule has 1 aliphatic heterocycles. The van der Waals surface area contributed by atoms with Crippen LogP contribution in [-0.2, 0) is 6.42 Å². The van der Waals surface area contributed by atoms with Crippen LogP contribution in [0.3, 0.4) is 0 Å². The smallest absolute Gasteiger partial charge is 0.270 e. The van der Waals surface area contributed by atoms with Gasteiger partial charge in [0.05, 0.1) is 5.69 Å². The summed E-state index contributed by atoms with van der Waals surface area (Å²) in [6.45, 7) is 3.99. The number of amides is 1. The predicted octanol–water partition coefficient (Wildman–Crippen LogP) is 5.36. The average molecular weight is 369 g/mol. The summed E-state index contributed by atoms with van der Waals surface area (Å²) in [4.78, 5) is 20.4. The number of nitrogens with zero attached hydrogens (tertiary/aromatic N) is 2. The van der Waals surface area contributed by atoms with E-state index in [1.54, 1.807) is 0 Å². The van der Waals surface area contributed by atoms with Crippen LogP contribution in [0, 0.1) is 6.92 Å². The van der Waals surface area contributed by atoms with Crippen molar-refractivity contribution in [3.05, 3.63) is 69.7 Å². The standard InChI is InChI=1S/C20H17ClN2OS/c1-12-11-15-5-3-4-6-17(15)23(12)20(24)18-13(2)22-19(25-18)14-7-9-16(21)10-8-14/h3-10,12H,11H2,1-2H3. The molecule has 4 rings (SSSR count). The third kappa shape index (κ3) is 2.86. The van der Waals surface area contributed by atoms with Crippen molar-refractivity contribution in [2.24, 2.45) is 0 Å². The normalized spacial score (nSPS) is 16.1. The van der Waals surface area contributed by atoms with Crippen molar-refractivity contribution >= 4 is 34.5 Å². The largest absolute Gasteiger partial charge is 0.304 e. The third-order valence-electron chi connectivity index (χ3n) is 4.51. The van der Waals surface area contributed by atoms with E-state index in [1.165, 1.54) is 16.9 Å². The molecule has 0 saturated carbocycles. The number of carbonyl (C=O) groups is 1. The minimum absolute atomic E-state index is 0.0349. The van der Waals surface area contributed by atoms with Crippen LogP contribution in [0.15, 0.2) is 48.5 Å². The number of carbonyl (C=O) groups excluding carboxylic acids is 1. The lowest BCUT2D eigenvalue weighted by Crippen LogP contribution is -2.35. The Morgan fingerprint density at radius 2 is 1.92 bits per heavy atom. The second-order valence-corrected chi connectivity index (χ2v) is 7.73. The van der Waals surface area contributed by atoms with Gasteiger partial charge < -0.3 is 4.90 Å². The molecule has 0 spiro atoms. The number of hydrogen-bond acceptors (Lipinski definition) is 3. The van der Waals surface area contributed by atoms with Crippen molar-refractivity contribution in [2.45, 2.75) is 26.3 Å². The van der Waals surface area contributed by atoms with Gasteiger partial charge in [0.2, 0.25) is 0 Å². The summed E-state index contributed by atoms with van der Waals surface area (Å²) in [7, 11) is 0. The Balaban J connectivity index is 1.71. The van der Waals surface area contributed by atoms with Gasteiger partial charge in [0, 0.05) is 22.3 Å². The fraction of sp³-hybridized carbons (Fsp3) is 0.200. The summed E-state index contributed by atoms with van der Waals surface area (Å²) in [5.41, 5.74) is 3.99. The highest BCUT2D eigenvalue weighted by Gasteiger charge is 2.33. The maximum atomic E-state index is 13.2. The molecule has 1 amide bonds. The summed E-state index contributed by atoms with van der Waals surface area (Å²) in [6, 6.07) is 15.8.